The quantitative estimate of drug-likeness (QED) is 0.553. The van der Waals surface area contributed by atoms with Gasteiger partial charge in [0, 0.05) is 32.7 Å². The lowest BCUT2D eigenvalue weighted by Gasteiger charge is -2.36. The number of aliphatic hydroxyl groups is 1. The topological polar surface area (TPSA) is 64.6 Å². The number of rotatable bonds is 2. The Kier molecular flexibility index (Phi) is 3.78. The van der Waals surface area contributed by atoms with Crippen LogP contribution in [-0.4, -0.2) is 61.3 Å². The maximum atomic E-state index is 11.6. The zero-order chi connectivity index (χ0) is 11.5. The number of nitrogens with one attached hydrogen (secondary N) is 2. The fourth-order valence-electron chi connectivity index (χ4n) is 2.75. The predicted octanol–water partition coefficient (Wildman–Crippen LogP) is -1.22. The molecule has 2 aliphatic rings. The summed E-state index contributed by atoms with van der Waals surface area (Å²) in [7, 11) is 1.69. The average molecular weight is 227 g/mol. The van der Waals surface area contributed by atoms with E-state index in [1.165, 1.54) is 0 Å². The van der Waals surface area contributed by atoms with Gasteiger partial charge in [0.1, 0.15) is 0 Å². The van der Waals surface area contributed by atoms with Gasteiger partial charge >= 0.3 is 0 Å². The van der Waals surface area contributed by atoms with Gasteiger partial charge < -0.3 is 15.7 Å². The molecule has 2 fully saturated rings. The molecule has 0 spiro atoms. The Labute approximate surface area is 96.2 Å². The van der Waals surface area contributed by atoms with Gasteiger partial charge in [0.15, 0.2) is 0 Å². The highest BCUT2D eigenvalue weighted by Crippen LogP contribution is 2.21. The lowest BCUT2D eigenvalue weighted by atomic mass is 9.95. The van der Waals surface area contributed by atoms with Crippen molar-refractivity contribution >= 4 is 5.91 Å². The monoisotopic (exact) mass is 227 g/mol. The third-order valence-electron chi connectivity index (χ3n) is 3.69. The molecule has 2 aliphatic heterocycles. The van der Waals surface area contributed by atoms with Crippen LogP contribution in [0.5, 0.6) is 0 Å². The number of hydrogen-bond acceptors (Lipinski definition) is 4. The Morgan fingerprint density at radius 2 is 2.31 bits per heavy atom. The molecule has 0 radical (unpaired) electrons. The number of β-amino-alcohol motifs (C(OH)–C–C–N with tert-alkyl or cyclic N) is 1. The summed E-state index contributed by atoms with van der Waals surface area (Å²) in [6.07, 6.45) is 1.72. The number of amides is 1. The van der Waals surface area contributed by atoms with E-state index in [4.69, 9.17) is 0 Å². The molecule has 3 N–H and O–H groups in total. The number of carbonyl (C=O) groups is 1. The molecular weight excluding hydrogens is 206 g/mol. The van der Waals surface area contributed by atoms with Crippen molar-refractivity contribution in [1.82, 2.24) is 15.5 Å². The SMILES string of the molecule is CNC(=O)C1CCCN(C2CNCC2O)C1. The molecule has 0 aromatic rings. The number of hydrogen-bond donors (Lipinski definition) is 3. The number of aliphatic hydroxyl groups excluding tert-OH is 1. The van der Waals surface area contributed by atoms with E-state index in [0.29, 0.717) is 6.54 Å². The molecule has 0 aliphatic carbocycles. The van der Waals surface area contributed by atoms with Gasteiger partial charge in [0.2, 0.25) is 5.91 Å². The molecule has 2 heterocycles. The summed E-state index contributed by atoms with van der Waals surface area (Å²) in [4.78, 5) is 13.9. The van der Waals surface area contributed by atoms with Crippen LogP contribution < -0.4 is 10.6 Å². The standard InChI is InChI=1S/C11H21N3O2/c1-12-11(16)8-3-2-4-14(7-8)9-5-13-6-10(9)15/h8-10,13,15H,2-7H2,1H3,(H,12,16). The van der Waals surface area contributed by atoms with Crippen molar-refractivity contribution < 1.29 is 9.90 Å². The first-order valence-electron chi connectivity index (χ1n) is 6.07. The summed E-state index contributed by atoms with van der Waals surface area (Å²) in [5, 5.41) is 15.7. The van der Waals surface area contributed by atoms with Gasteiger partial charge in [0.25, 0.3) is 0 Å². The minimum atomic E-state index is -0.288. The summed E-state index contributed by atoms with van der Waals surface area (Å²) >= 11 is 0. The first kappa shape index (κ1) is 11.8. The van der Waals surface area contributed by atoms with Crippen molar-refractivity contribution in [2.75, 3.05) is 33.2 Å². The maximum Gasteiger partial charge on any atom is 0.224 e. The second kappa shape index (κ2) is 5.12. The van der Waals surface area contributed by atoms with Crippen LogP contribution in [0.15, 0.2) is 0 Å². The first-order chi connectivity index (χ1) is 7.72. The minimum absolute atomic E-state index is 0.0894. The van der Waals surface area contributed by atoms with Crippen molar-refractivity contribution in [3.05, 3.63) is 0 Å². The molecular formula is C11H21N3O2. The molecule has 5 heteroatoms. The summed E-state index contributed by atoms with van der Waals surface area (Å²) < 4.78 is 0. The van der Waals surface area contributed by atoms with Crippen LogP contribution in [-0.2, 0) is 4.79 Å². The van der Waals surface area contributed by atoms with Gasteiger partial charge in [-0.05, 0) is 19.4 Å². The molecule has 0 bridgehead atoms. The van der Waals surface area contributed by atoms with Crippen LogP contribution in [0.3, 0.4) is 0 Å². The van der Waals surface area contributed by atoms with E-state index in [9.17, 15) is 9.90 Å². The number of carbonyl (C=O) groups excluding carboxylic acids is 1. The van der Waals surface area contributed by atoms with Crippen LogP contribution in [0, 0.1) is 5.92 Å². The van der Waals surface area contributed by atoms with Crippen molar-refractivity contribution in [3.8, 4) is 0 Å². The van der Waals surface area contributed by atoms with E-state index >= 15 is 0 Å². The van der Waals surface area contributed by atoms with Crippen LogP contribution in [0.1, 0.15) is 12.8 Å². The predicted molar refractivity (Wildman–Crippen MR) is 61.0 cm³/mol. The van der Waals surface area contributed by atoms with E-state index in [-0.39, 0.29) is 24.0 Å². The van der Waals surface area contributed by atoms with Gasteiger partial charge in [0.05, 0.1) is 12.0 Å². The highest BCUT2D eigenvalue weighted by atomic mass is 16.3. The number of piperidine rings is 1. The van der Waals surface area contributed by atoms with Crippen LogP contribution in [0.4, 0.5) is 0 Å². The van der Waals surface area contributed by atoms with Crippen molar-refractivity contribution in [2.24, 2.45) is 5.92 Å². The molecule has 3 atom stereocenters. The van der Waals surface area contributed by atoms with Crippen molar-refractivity contribution in [1.29, 1.82) is 0 Å². The van der Waals surface area contributed by atoms with Crippen LogP contribution in [0.2, 0.25) is 0 Å². The zero-order valence-corrected chi connectivity index (χ0v) is 9.78. The summed E-state index contributed by atoms with van der Waals surface area (Å²) in [5.41, 5.74) is 0. The Bertz CT molecular complexity index is 260. The smallest absolute Gasteiger partial charge is 0.224 e. The Morgan fingerprint density at radius 1 is 1.50 bits per heavy atom. The van der Waals surface area contributed by atoms with Gasteiger partial charge in [-0.2, -0.15) is 0 Å². The molecule has 2 saturated heterocycles. The number of likely N-dealkylation sites (tertiary alicyclic amines) is 1. The molecule has 92 valence electrons. The highest BCUT2D eigenvalue weighted by Gasteiger charge is 2.34. The Balaban J connectivity index is 1.93. The van der Waals surface area contributed by atoms with E-state index in [1.54, 1.807) is 7.05 Å². The second-order valence-corrected chi connectivity index (χ2v) is 4.74. The lowest BCUT2D eigenvalue weighted by Crippen LogP contribution is -2.50. The average Bonchev–Trinajstić information content (AvgIpc) is 2.74. The second-order valence-electron chi connectivity index (χ2n) is 4.74. The first-order valence-corrected chi connectivity index (χ1v) is 6.07. The summed E-state index contributed by atoms with van der Waals surface area (Å²) in [5.74, 6) is 0.219. The van der Waals surface area contributed by atoms with Crippen LogP contribution in [0.25, 0.3) is 0 Å². The third-order valence-corrected chi connectivity index (χ3v) is 3.69. The molecule has 0 aromatic carbocycles. The minimum Gasteiger partial charge on any atom is -0.390 e. The highest BCUT2D eigenvalue weighted by molar-refractivity contribution is 5.78. The largest absolute Gasteiger partial charge is 0.390 e. The molecule has 2 rings (SSSR count). The van der Waals surface area contributed by atoms with Crippen LogP contribution >= 0.6 is 0 Å². The van der Waals surface area contributed by atoms with Gasteiger partial charge in [-0.1, -0.05) is 0 Å². The molecule has 3 unspecified atom stereocenters. The van der Waals surface area contributed by atoms with E-state index in [0.717, 1.165) is 32.5 Å². The normalized spacial score (nSPS) is 36.2. The lowest BCUT2D eigenvalue weighted by molar-refractivity contribution is -0.126. The van der Waals surface area contributed by atoms with E-state index < -0.39 is 0 Å². The molecule has 16 heavy (non-hydrogen) atoms. The molecule has 1 amide bonds. The maximum absolute atomic E-state index is 11.6. The van der Waals surface area contributed by atoms with Gasteiger partial charge in [-0.15, -0.1) is 0 Å². The van der Waals surface area contributed by atoms with Crippen molar-refractivity contribution in [3.63, 3.8) is 0 Å². The summed E-state index contributed by atoms with van der Waals surface area (Å²) in [6, 6.07) is 0.187. The molecule has 0 aromatic heterocycles. The fourth-order valence-corrected chi connectivity index (χ4v) is 2.75. The zero-order valence-electron chi connectivity index (χ0n) is 9.78. The fraction of sp³-hybridized carbons (Fsp3) is 0.909. The number of nitrogens with zero attached hydrogens (tertiary/aromatic N) is 1. The van der Waals surface area contributed by atoms with Crippen molar-refractivity contribution in [2.45, 2.75) is 25.0 Å². The molecule has 5 nitrogen and oxygen atoms in total. The Hall–Kier alpha value is -0.650. The van der Waals surface area contributed by atoms with Gasteiger partial charge in [-0.3, -0.25) is 9.69 Å². The van der Waals surface area contributed by atoms with E-state index in [2.05, 4.69) is 15.5 Å². The molecule has 0 saturated carbocycles. The Morgan fingerprint density at radius 3 is 2.94 bits per heavy atom. The third kappa shape index (κ3) is 2.36. The summed E-state index contributed by atoms with van der Waals surface area (Å²) in [6.45, 7) is 3.29. The van der Waals surface area contributed by atoms with E-state index in [1.807, 2.05) is 0 Å². The van der Waals surface area contributed by atoms with Gasteiger partial charge in [-0.25, -0.2) is 0 Å².